The van der Waals surface area contributed by atoms with Crippen molar-refractivity contribution in [1.82, 2.24) is 5.32 Å². The van der Waals surface area contributed by atoms with Gasteiger partial charge in [0.2, 0.25) is 0 Å². The predicted octanol–water partition coefficient (Wildman–Crippen LogP) is 4.26. The van der Waals surface area contributed by atoms with Crippen molar-refractivity contribution in [3.05, 3.63) is 68.7 Å². The molecule has 4 heteroatoms. The van der Waals surface area contributed by atoms with Crippen LogP contribution in [0.15, 0.2) is 46.9 Å². The zero-order valence-corrected chi connectivity index (χ0v) is 12.5. The molecule has 0 aromatic heterocycles. The summed E-state index contributed by atoms with van der Waals surface area (Å²) in [6, 6.07) is 15.5. The Morgan fingerprint density at radius 3 is 2.47 bits per heavy atom. The molecule has 0 unspecified atom stereocenters. The molecule has 19 heavy (non-hydrogen) atoms. The molecule has 0 saturated carbocycles. The van der Waals surface area contributed by atoms with Gasteiger partial charge in [-0.25, -0.2) is 0 Å². The molecule has 0 aliphatic heterocycles. The van der Waals surface area contributed by atoms with Crippen LogP contribution in [0.3, 0.4) is 0 Å². The summed E-state index contributed by atoms with van der Waals surface area (Å²) in [4.78, 5) is 0. The van der Waals surface area contributed by atoms with Gasteiger partial charge in [-0.3, -0.25) is 0 Å². The van der Waals surface area contributed by atoms with Gasteiger partial charge >= 0.3 is 0 Å². The fourth-order valence-corrected chi connectivity index (χ4v) is 2.44. The average molecular weight is 336 g/mol. The quantitative estimate of drug-likeness (QED) is 0.906. The molecule has 0 saturated heterocycles. The highest BCUT2D eigenvalue weighted by atomic mass is 79.9. The van der Waals surface area contributed by atoms with Crippen LogP contribution in [0.4, 0.5) is 0 Å². The molecule has 2 aromatic rings. The first-order valence-electron chi connectivity index (χ1n) is 5.83. The van der Waals surface area contributed by atoms with Crippen LogP contribution in [0, 0.1) is 11.3 Å². The van der Waals surface area contributed by atoms with Crippen molar-refractivity contribution in [2.45, 2.75) is 13.1 Å². The maximum Gasteiger partial charge on any atom is 0.0991 e. The summed E-state index contributed by atoms with van der Waals surface area (Å²) in [6.45, 7) is 1.46. The summed E-state index contributed by atoms with van der Waals surface area (Å²) in [7, 11) is 0. The Hall–Kier alpha value is -1.34. The normalized spacial score (nSPS) is 10.2. The molecule has 0 spiro atoms. The Morgan fingerprint density at radius 1 is 1.11 bits per heavy atom. The van der Waals surface area contributed by atoms with Gasteiger partial charge in [0, 0.05) is 22.6 Å². The van der Waals surface area contributed by atoms with Gasteiger partial charge in [0.15, 0.2) is 0 Å². The summed E-state index contributed by atoms with van der Waals surface area (Å²) < 4.78 is 0.980. The summed E-state index contributed by atoms with van der Waals surface area (Å²) in [5.41, 5.74) is 2.89. The number of hydrogen-bond acceptors (Lipinski definition) is 2. The Morgan fingerprint density at radius 2 is 1.84 bits per heavy atom. The van der Waals surface area contributed by atoms with E-state index in [2.05, 4.69) is 27.3 Å². The van der Waals surface area contributed by atoms with E-state index in [1.807, 2.05) is 42.5 Å². The highest BCUT2D eigenvalue weighted by molar-refractivity contribution is 9.10. The third kappa shape index (κ3) is 4.07. The number of benzene rings is 2. The zero-order chi connectivity index (χ0) is 13.7. The molecule has 0 aliphatic rings. The van der Waals surface area contributed by atoms with Gasteiger partial charge in [-0.1, -0.05) is 45.7 Å². The van der Waals surface area contributed by atoms with Gasteiger partial charge in [-0.05, 0) is 35.4 Å². The van der Waals surface area contributed by atoms with Crippen molar-refractivity contribution in [3.8, 4) is 6.07 Å². The van der Waals surface area contributed by atoms with Gasteiger partial charge < -0.3 is 5.32 Å². The first-order chi connectivity index (χ1) is 9.19. The molecule has 2 aromatic carbocycles. The summed E-state index contributed by atoms with van der Waals surface area (Å²) in [5, 5.41) is 12.8. The highest BCUT2D eigenvalue weighted by Gasteiger charge is 2.01. The molecule has 1 N–H and O–H groups in total. The molecule has 0 radical (unpaired) electrons. The number of nitrogens with zero attached hydrogens (tertiary/aromatic N) is 1. The first kappa shape index (κ1) is 14.1. The molecule has 96 valence electrons. The van der Waals surface area contributed by atoms with E-state index in [1.54, 1.807) is 0 Å². The summed E-state index contributed by atoms with van der Waals surface area (Å²) in [6.07, 6.45) is 0. The molecular formula is C15H12BrClN2. The van der Waals surface area contributed by atoms with Crippen molar-refractivity contribution in [2.24, 2.45) is 0 Å². The van der Waals surface area contributed by atoms with Crippen molar-refractivity contribution in [2.75, 3.05) is 0 Å². The van der Waals surface area contributed by atoms with Crippen LogP contribution in [0.25, 0.3) is 0 Å². The third-order valence-electron chi connectivity index (χ3n) is 2.74. The van der Waals surface area contributed by atoms with E-state index in [9.17, 15) is 0 Å². The van der Waals surface area contributed by atoms with E-state index >= 15 is 0 Å². The van der Waals surface area contributed by atoms with Crippen LogP contribution in [-0.4, -0.2) is 0 Å². The lowest BCUT2D eigenvalue weighted by atomic mass is 10.1. The van der Waals surface area contributed by atoms with E-state index in [1.165, 1.54) is 0 Å². The number of nitrogens with one attached hydrogen (secondary N) is 1. The standard InChI is InChI=1S/C15H12BrClN2/c16-14-6-5-13(15(17)7-14)10-19-9-12-3-1-11(8-18)2-4-12/h1-7,19H,9-10H2. The van der Waals surface area contributed by atoms with Crippen molar-refractivity contribution < 1.29 is 0 Å². The average Bonchev–Trinajstić information content (AvgIpc) is 2.42. The minimum atomic E-state index is 0.680. The molecule has 2 nitrogen and oxygen atoms in total. The number of nitriles is 1. The van der Waals surface area contributed by atoms with Gasteiger partial charge in [0.05, 0.1) is 11.6 Å². The highest BCUT2D eigenvalue weighted by Crippen LogP contribution is 2.21. The molecule has 0 aliphatic carbocycles. The van der Waals surface area contributed by atoms with E-state index < -0.39 is 0 Å². The van der Waals surface area contributed by atoms with Crippen LogP contribution >= 0.6 is 27.5 Å². The number of halogens is 2. The van der Waals surface area contributed by atoms with Crippen molar-refractivity contribution in [3.63, 3.8) is 0 Å². The maximum atomic E-state index is 8.72. The minimum Gasteiger partial charge on any atom is -0.309 e. The number of hydrogen-bond donors (Lipinski definition) is 1. The molecule has 0 bridgehead atoms. The molecule has 2 rings (SSSR count). The molecule has 0 heterocycles. The second kappa shape index (κ2) is 6.72. The zero-order valence-electron chi connectivity index (χ0n) is 10.2. The van der Waals surface area contributed by atoms with Gasteiger partial charge in [-0.2, -0.15) is 5.26 Å². The molecule has 0 amide bonds. The van der Waals surface area contributed by atoms with E-state index in [0.29, 0.717) is 12.1 Å². The lowest BCUT2D eigenvalue weighted by Gasteiger charge is -2.07. The van der Waals surface area contributed by atoms with Crippen molar-refractivity contribution in [1.29, 1.82) is 5.26 Å². The second-order valence-electron chi connectivity index (χ2n) is 4.15. The Labute approximate surface area is 126 Å². The SMILES string of the molecule is N#Cc1ccc(CNCc2ccc(Br)cc2Cl)cc1. The second-order valence-corrected chi connectivity index (χ2v) is 5.47. The van der Waals surface area contributed by atoms with E-state index in [0.717, 1.165) is 27.2 Å². The summed E-state index contributed by atoms with van der Waals surface area (Å²) in [5.74, 6) is 0. The van der Waals surface area contributed by atoms with Crippen LogP contribution in [0.2, 0.25) is 5.02 Å². The fourth-order valence-electron chi connectivity index (χ4n) is 1.70. The van der Waals surface area contributed by atoms with E-state index in [-0.39, 0.29) is 0 Å². The smallest absolute Gasteiger partial charge is 0.0991 e. The predicted molar refractivity (Wildman–Crippen MR) is 80.9 cm³/mol. The lowest BCUT2D eigenvalue weighted by Crippen LogP contribution is -2.12. The van der Waals surface area contributed by atoms with E-state index in [4.69, 9.17) is 16.9 Å². The van der Waals surface area contributed by atoms with Gasteiger partial charge in [-0.15, -0.1) is 0 Å². The van der Waals surface area contributed by atoms with Crippen LogP contribution in [-0.2, 0) is 13.1 Å². The Kier molecular flexibility index (Phi) is 4.98. The molecular weight excluding hydrogens is 324 g/mol. The monoisotopic (exact) mass is 334 g/mol. The van der Waals surface area contributed by atoms with Crippen LogP contribution in [0.5, 0.6) is 0 Å². The minimum absolute atomic E-state index is 0.680. The topological polar surface area (TPSA) is 35.8 Å². The number of rotatable bonds is 4. The lowest BCUT2D eigenvalue weighted by molar-refractivity contribution is 0.693. The Bertz CT molecular complexity index is 603. The molecule has 0 atom stereocenters. The molecule has 0 fully saturated rings. The Balaban J connectivity index is 1.91. The maximum absolute atomic E-state index is 8.72. The van der Waals surface area contributed by atoms with Crippen LogP contribution < -0.4 is 5.32 Å². The van der Waals surface area contributed by atoms with Gasteiger partial charge in [0.1, 0.15) is 0 Å². The largest absolute Gasteiger partial charge is 0.309 e. The van der Waals surface area contributed by atoms with Gasteiger partial charge in [0.25, 0.3) is 0 Å². The fraction of sp³-hybridized carbons (Fsp3) is 0.133. The summed E-state index contributed by atoms with van der Waals surface area (Å²) >= 11 is 9.53. The first-order valence-corrected chi connectivity index (χ1v) is 7.00. The van der Waals surface area contributed by atoms with Crippen LogP contribution in [0.1, 0.15) is 16.7 Å². The van der Waals surface area contributed by atoms with Crippen molar-refractivity contribution >= 4 is 27.5 Å². The third-order valence-corrected chi connectivity index (χ3v) is 3.59.